The number of unbranched alkanes of at least 4 members (excludes halogenated alkanes) is 1. The molecule has 0 aliphatic heterocycles. The highest BCUT2D eigenvalue weighted by Gasteiger charge is 2.63. The van der Waals surface area contributed by atoms with Crippen LogP contribution in [0.1, 0.15) is 129 Å². The monoisotopic (exact) mass is 518 g/mol. The predicted molar refractivity (Wildman–Crippen MR) is 154 cm³/mol. The number of carbonyl (C=O) groups is 1. The van der Waals surface area contributed by atoms with Gasteiger partial charge in [-0.2, -0.15) is 0 Å². The van der Waals surface area contributed by atoms with Gasteiger partial charge in [-0.25, -0.2) is 14.8 Å². The fourth-order valence-electron chi connectivity index (χ4n) is 9.81. The Labute approximate surface area is 231 Å². The smallest absolute Gasteiger partial charge is 0.341 e. The van der Waals surface area contributed by atoms with Crippen molar-refractivity contribution in [2.45, 2.75) is 125 Å². The number of nitrogens with zero attached hydrogens (tertiary/aromatic N) is 2. The number of esters is 1. The molecule has 0 spiro atoms. The molecule has 6 unspecified atom stereocenters. The Morgan fingerprint density at radius 3 is 2.42 bits per heavy atom. The molecular weight excluding hydrogens is 468 g/mol. The van der Waals surface area contributed by atoms with Crippen molar-refractivity contribution in [3.63, 3.8) is 0 Å². The summed E-state index contributed by atoms with van der Waals surface area (Å²) in [4.78, 5) is 20.9. The van der Waals surface area contributed by atoms with E-state index in [0.29, 0.717) is 22.3 Å². The van der Waals surface area contributed by atoms with Gasteiger partial charge in [-0.3, -0.25) is 0 Å². The molecule has 0 N–H and O–H groups in total. The number of allylic oxidation sites excluding steroid dienone is 4. The van der Waals surface area contributed by atoms with Crippen LogP contribution in [0.3, 0.4) is 0 Å². The number of hydrogen-bond acceptors (Lipinski definition) is 4. The molecule has 0 bridgehead atoms. The highest BCUT2D eigenvalue weighted by molar-refractivity contribution is 5.88. The van der Waals surface area contributed by atoms with Gasteiger partial charge in [0, 0.05) is 17.8 Å². The lowest BCUT2D eigenvalue weighted by Crippen LogP contribution is -2.55. The topological polar surface area (TPSA) is 52.1 Å². The maximum Gasteiger partial charge on any atom is 0.341 e. The van der Waals surface area contributed by atoms with Gasteiger partial charge in [0.15, 0.2) is 0 Å². The second-order valence-electron chi connectivity index (χ2n) is 14.5. The van der Waals surface area contributed by atoms with E-state index in [4.69, 9.17) is 4.74 Å². The van der Waals surface area contributed by atoms with Gasteiger partial charge >= 0.3 is 5.97 Å². The SMILES string of the molecule is CC(C)=CCCCC1CCC2(C)C3=C(CCC12C)C1(C)CCC(OC(=O)c2cncnc2)C(C)(C)C1CC3. The van der Waals surface area contributed by atoms with Crippen LogP contribution < -0.4 is 0 Å². The summed E-state index contributed by atoms with van der Waals surface area (Å²) in [7, 11) is 0. The van der Waals surface area contributed by atoms with Crippen molar-refractivity contribution in [2.75, 3.05) is 0 Å². The molecule has 4 aliphatic rings. The summed E-state index contributed by atoms with van der Waals surface area (Å²) < 4.78 is 6.16. The van der Waals surface area contributed by atoms with Crippen LogP contribution in [-0.4, -0.2) is 22.0 Å². The lowest BCUT2D eigenvalue weighted by molar-refractivity contribution is -0.103. The molecule has 38 heavy (non-hydrogen) atoms. The molecule has 1 aromatic heterocycles. The molecule has 6 atom stereocenters. The zero-order valence-electron chi connectivity index (χ0n) is 25.0. The Hall–Kier alpha value is -1.97. The summed E-state index contributed by atoms with van der Waals surface area (Å²) in [5.74, 6) is 1.10. The standard InChI is InChI=1S/C34H50N2O2/c1-23(2)10-8-9-11-25-14-18-34(7)27-12-13-28-31(3,4)29(38-30(37)24-20-35-22-36-21-24)16-17-32(28,5)26(27)15-19-33(25,34)6/h10,20-22,25,28-29H,8-9,11-19H2,1-7H3. The van der Waals surface area contributed by atoms with Crippen LogP contribution in [0.5, 0.6) is 0 Å². The lowest BCUT2D eigenvalue weighted by Gasteiger charge is -2.62. The highest BCUT2D eigenvalue weighted by atomic mass is 16.5. The quantitative estimate of drug-likeness (QED) is 0.214. The molecule has 4 aliphatic carbocycles. The molecule has 1 aromatic rings. The van der Waals surface area contributed by atoms with Gasteiger partial charge in [-0.1, -0.05) is 57.4 Å². The predicted octanol–water partition coefficient (Wildman–Crippen LogP) is 8.89. The Morgan fingerprint density at radius 1 is 0.974 bits per heavy atom. The molecular formula is C34H50N2O2. The lowest BCUT2D eigenvalue weighted by atomic mass is 9.43. The normalized spacial score (nSPS) is 37.6. The molecule has 2 saturated carbocycles. The first kappa shape index (κ1) is 27.6. The van der Waals surface area contributed by atoms with Crippen molar-refractivity contribution in [2.24, 2.45) is 33.5 Å². The van der Waals surface area contributed by atoms with Gasteiger partial charge in [0.2, 0.25) is 0 Å². The van der Waals surface area contributed by atoms with Crippen molar-refractivity contribution >= 4 is 5.97 Å². The van der Waals surface area contributed by atoms with Gasteiger partial charge < -0.3 is 4.74 Å². The van der Waals surface area contributed by atoms with Gasteiger partial charge in [0.25, 0.3) is 0 Å². The molecule has 0 aromatic carbocycles. The van der Waals surface area contributed by atoms with E-state index in [0.717, 1.165) is 18.8 Å². The minimum atomic E-state index is -0.287. The summed E-state index contributed by atoms with van der Waals surface area (Å²) in [5, 5.41) is 0. The maximum atomic E-state index is 12.9. The van der Waals surface area contributed by atoms with Gasteiger partial charge in [0.1, 0.15) is 12.4 Å². The Bertz CT molecular complexity index is 1120. The molecule has 0 amide bonds. The molecule has 0 saturated heterocycles. The summed E-state index contributed by atoms with van der Waals surface area (Å²) in [5.41, 5.74) is 6.45. The second-order valence-corrected chi connectivity index (χ2v) is 14.5. The number of rotatable bonds is 6. The van der Waals surface area contributed by atoms with Crippen LogP contribution in [0.15, 0.2) is 41.5 Å². The van der Waals surface area contributed by atoms with Gasteiger partial charge in [-0.15, -0.1) is 0 Å². The minimum Gasteiger partial charge on any atom is -0.458 e. The molecule has 4 nitrogen and oxygen atoms in total. The first-order valence-corrected chi connectivity index (χ1v) is 15.3. The van der Waals surface area contributed by atoms with Gasteiger partial charge in [0.05, 0.1) is 5.56 Å². The van der Waals surface area contributed by atoms with Crippen molar-refractivity contribution < 1.29 is 9.53 Å². The van der Waals surface area contributed by atoms with E-state index in [1.807, 2.05) is 5.57 Å². The van der Waals surface area contributed by atoms with E-state index >= 15 is 0 Å². The third kappa shape index (κ3) is 4.29. The van der Waals surface area contributed by atoms with E-state index in [2.05, 4.69) is 64.5 Å². The van der Waals surface area contributed by atoms with Crippen LogP contribution in [0.2, 0.25) is 0 Å². The van der Waals surface area contributed by atoms with Crippen molar-refractivity contribution in [1.29, 1.82) is 0 Å². The van der Waals surface area contributed by atoms with Crippen LogP contribution in [0.4, 0.5) is 0 Å². The average Bonchev–Trinajstić information content (AvgIpc) is 3.14. The number of aromatic nitrogens is 2. The van der Waals surface area contributed by atoms with E-state index in [9.17, 15) is 4.79 Å². The van der Waals surface area contributed by atoms with Crippen molar-refractivity contribution in [3.8, 4) is 0 Å². The zero-order valence-corrected chi connectivity index (χ0v) is 25.0. The van der Waals surface area contributed by atoms with E-state index in [1.54, 1.807) is 18.0 Å². The van der Waals surface area contributed by atoms with Crippen molar-refractivity contribution in [3.05, 3.63) is 47.1 Å². The second kappa shape index (κ2) is 9.89. The third-order valence-electron chi connectivity index (χ3n) is 12.2. The van der Waals surface area contributed by atoms with Crippen molar-refractivity contribution in [1.82, 2.24) is 9.97 Å². The summed E-state index contributed by atoms with van der Waals surface area (Å²) in [6, 6.07) is 0. The summed E-state index contributed by atoms with van der Waals surface area (Å²) in [6.45, 7) is 17.0. The largest absolute Gasteiger partial charge is 0.458 e. The van der Waals surface area contributed by atoms with E-state index < -0.39 is 0 Å². The average molecular weight is 519 g/mol. The molecule has 5 rings (SSSR count). The minimum absolute atomic E-state index is 0.0678. The van der Waals surface area contributed by atoms with E-state index in [1.165, 1.54) is 69.7 Å². The fourth-order valence-corrected chi connectivity index (χ4v) is 9.81. The van der Waals surface area contributed by atoms with Crippen LogP contribution in [0, 0.1) is 33.5 Å². The van der Waals surface area contributed by atoms with Crippen LogP contribution in [0.25, 0.3) is 0 Å². The summed E-state index contributed by atoms with van der Waals surface area (Å²) >= 11 is 0. The van der Waals surface area contributed by atoms with Gasteiger partial charge in [-0.05, 0) is 113 Å². The summed E-state index contributed by atoms with van der Waals surface area (Å²) in [6.07, 6.45) is 20.7. The highest BCUT2D eigenvalue weighted by Crippen LogP contribution is 2.72. The number of hydrogen-bond donors (Lipinski definition) is 0. The number of carbonyl (C=O) groups excluding carboxylic acids is 1. The third-order valence-corrected chi connectivity index (χ3v) is 12.2. The fraction of sp³-hybridized carbons (Fsp3) is 0.735. The molecule has 1 heterocycles. The van der Waals surface area contributed by atoms with Crippen LogP contribution in [-0.2, 0) is 4.74 Å². The first-order chi connectivity index (χ1) is 17.9. The van der Waals surface area contributed by atoms with E-state index in [-0.39, 0.29) is 22.9 Å². The Morgan fingerprint density at radius 2 is 1.71 bits per heavy atom. The zero-order chi connectivity index (χ0) is 27.3. The molecule has 4 heteroatoms. The Kier molecular flexibility index (Phi) is 7.18. The molecule has 2 fully saturated rings. The first-order valence-electron chi connectivity index (χ1n) is 15.3. The Balaban J connectivity index is 1.37. The molecule has 208 valence electrons. The number of ether oxygens (including phenoxy) is 1. The molecule has 0 radical (unpaired) electrons. The van der Waals surface area contributed by atoms with Crippen LogP contribution >= 0.6 is 0 Å². The number of fused-ring (bicyclic) bond motifs is 4. The maximum absolute atomic E-state index is 12.9.